The molecule has 0 atom stereocenters. The molecule has 3 N–H and O–H groups in total. The van der Waals surface area contributed by atoms with Gasteiger partial charge in [-0.1, -0.05) is 23.8 Å². The summed E-state index contributed by atoms with van der Waals surface area (Å²) in [6.07, 6.45) is -0.558. The summed E-state index contributed by atoms with van der Waals surface area (Å²) in [4.78, 5) is 26.1. The standard InChI is InChI=1S/C20H29N5O4S/c1-14-6-5-7-15(12-14)17-22-23-18(30)25(17)13-16(27)24(10-11-26)9-8-21-19(28)29-20(2,3)4/h5-7,12,26H,8-11,13H2,1-4H3,(H,21,28)(H,23,30). The van der Waals surface area contributed by atoms with Crippen molar-refractivity contribution in [2.75, 3.05) is 26.2 Å². The minimum atomic E-state index is -0.603. The summed E-state index contributed by atoms with van der Waals surface area (Å²) in [6.45, 7) is 7.62. The maximum atomic E-state index is 12.9. The number of aliphatic hydroxyl groups is 1. The minimum absolute atomic E-state index is 0.0367. The smallest absolute Gasteiger partial charge is 0.407 e. The number of hydrogen-bond donors (Lipinski definition) is 3. The molecule has 164 valence electrons. The van der Waals surface area contributed by atoms with Gasteiger partial charge in [0.2, 0.25) is 5.91 Å². The Morgan fingerprint density at radius 1 is 1.33 bits per heavy atom. The second-order valence-electron chi connectivity index (χ2n) is 7.84. The quantitative estimate of drug-likeness (QED) is 0.548. The first-order valence-corrected chi connectivity index (χ1v) is 10.1. The van der Waals surface area contributed by atoms with Crippen molar-refractivity contribution in [3.8, 4) is 11.4 Å². The van der Waals surface area contributed by atoms with Crippen molar-refractivity contribution >= 4 is 24.2 Å². The fraction of sp³-hybridized carbons (Fsp3) is 0.500. The number of nitrogens with one attached hydrogen (secondary N) is 2. The SMILES string of the molecule is Cc1cccc(-c2n[nH]c(=S)n2CC(=O)N(CCO)CCNC(=O)OC(C)(C)C)c1. The van der Waals surface area contributed by atoms with Crippen molar-refractivity contribution in [2.45, 2.75) is 39.8 Å². The second-order valence-corrected chi connectivity index (χ2v) is 8.23. The highest BCUT2D eigenvalue weighted by Crippen LogP contribution is 2.18. The number of aliphatic hydroxyl groups excluding tert-OH is 1. The van der Waals surface area contributed by atoms with Crippen LogP contribution in [0.15, 0.2) is 24.3 Å². The Hall–Kier alpha value is -2.72. The number of rotatable bonds is 8. The van der Waals surface area contributed by atoms with E-state index in [2.05, 4.69) is 15.5 Å². The highest BCUT2D eigenvalue weighted by Gasteiger charge is 2.19. The third-order valence-electron chi connectivity index (χ3n) is 4.10. The van der Waals surface area contributed by atoms with Crippen molar-refractivity contribution in [2.24, 2.45) is 0 Å². The zero-order valence-corrected chi connectivity index (χ0v) is 18.6. The molecule has 0 radical (unpaired) electrons. The van der Waals surface area contributed by atoms with Gasteiger partial charge in [0.05, 0.1) is 6.61 Å². The Morgan fingerprint density at radius 2 is 2.07 bits per heavy atom. The highest BCUT2D eigenvalue weighted by molar-refractivity contribution is 7.71. The van der Waals surface area contributed by atoms with Gasteiger partial charge in [-0.05, 0) is 46.0 Å². The largest absolute Gasteiger partial charge is 0.444 e. The van der Waals surface area contributed by atoms with Crippen molar-refractivity contribution in [1.29, 1.82) is 0 Å². The third-order valence-corrected chi connectivity index (χ3v) is 4.41. The molecule has 0 bridgehead atoms. The first kappa shape index (κ1) is 23.6. The second kappa shape index (κ2) is 10.4. The normalized spacial score (nSPS) is 11.2. The van der Waals surface area contributed by atoms with Crippen LogP contribution in [0.4, 0.5) is 4.79 Å². The molecule has 0 fully saturated rings. The van der Waals surface area contributed by atoms with Crippen LogP contribution in [-0.4, -0.2) is 68.6 Å². The Bertz CT molecular complexity index is 932. The summed E-state index contributed by atoms with van der Waals surface area (Å²) in [5.74, 6) is 0.314. The summed E-state index contributed by atoms with van der Waals surface area (Å²) >= 11 is 5.30. The number of hydrogen-bond acceptors (Lipinski definition) is 6. The first-order valence-electron chi connectivity index (χ1n) is 9.68. The molecule has 10 heteroatoms. The molecular formula is C20H29N5O4S. The van der Waals surface area contributed by atoms with Crippen LogP contribution in [0.1, 0.15) is 26.3 Å². The van der Waals surface area contributed by atoms with Gasteiger partial charge in [-0.2, -0.15) is 5.10 Å². The summed E-state index contributed by atoms with van der Waals surface area (Å²) < 4.78 is 7.13. The molecule has 2 amide bonds. The number of alkyl carbamates (subject to hydrolysis) is 1. The number of H-pyrrole nitrogens is 1. The number of aromatic amines is 1. The average molecular weight is 436 g/mol. The summed E-state index contributed by atoms with van der Waals surface area (Å²) in [5, 5.41) is 18.9. The molecule has 0 unspecified atom stereocenters. The van der Waals surface area contributed by atoms with Crippen LogP contribution in [0.25, 0.3) is 11.4 Å². The van der Waals surface area contributed by atoms with Crippen molar-refractivity contribution < 1.29 is 19.4 Å². The van der Waals surface area contributed by atoms with Gasteiger partial charge < -0.3 is 20.1 Å². The Morgan fingerprint density at radius 3 is 2.70 bits per heavy atom. The lowest BCUT2D eigenvalue weighted by Crippen LogP contribution is -2.42. The van der Waals surface area contributed by atoms with Gasteiger partial charge in [0, 0.05) is 25.2 Å². The van der Waals surface area contributed by atoms with Crippen molar-refractivity contribution in [3.05, 3.63) is 34.6 Å². The molecule has 2 rings (SSSR count). The van der Waals surface area contributed by atoms with Crippen LogP contribution >= 0.6 is 12.2 Å². The lowest BCUT2D eigenvalue weighted by molar-refractivity contribution is -0.132. The molecule has 0 saturated carbocycles. The van der Waals surface area contributed by atoms with E-state index in [1.807, 2.05) is 31.2 Å². The number of aryl methyl sites for hydroxylation is 1. The van der Waals surface area contributed by atoms with Gasteiger partial charge in [-0.3, -0.25) is 14.5 Å². The molecular weight excluding hydrogens is 406 g/mol. The number of carbonyl (C=O) groups excluding carboxylic acids is 2. The van der Waals surface area contributed by atoms with Crippen LogP contribution in [0, 0.1) is 11.7 Å². The molecule has 1 aromatic heterocycles. The van der Waals surface area contributed by atoms with Crippen LogP contribution in [0.3, 0.4) is 0 Å². The van der Waals surface area contributed by atoms with E-state index in [0.29, 0.717) is 10.6 Å². The topological polar surface area (TPSA) is 112 Å². The molecule has 1 aromatic carbocycles. The number of aromatic nitrogens is 3. The molecule has 9 nitrogen and oxygen atoms in total. The number of benzene rings is 1. The number of nitrogens with zero attached hydrogens (tertiary/aromatic N) is 3. The first-order chi connectivity index (χ1) is 14.1. The molecule has 0 spiro atoms. The van der Waals surface area contributed by atoms with E-state index >= 15 is 0 Å². The Labute approximate surface area is 181 Å². The lowest BCUT2D eigenvalue weighted by atomic mass is 10.1. The number of carbonyl (C=O) groups is 2. The minimum Gasteiger partial charge on any atom is -0.444 e. The van der Waals surface area contributed by atoms with Crippen LogP contribution in [0.2, 0.25) is 0 Å². The molecule has 2 aromatic rings. The van der Waals surface area contributed by atoms with Crippen LogP contribution in [0.5, 0.6) is 0 Å². The zero-order valence-electron chi connectivity index (χ0n) is 17.8. The maximum absolute atomic E-state index is 12.9. The van der Waals surface area contributed by atoms with E-state index in [1.54, 1.807) is 25.3 Å². The van der Waals surface area contributed by atoms with Gasteiger partial charge in [-0.25, -0.2) is 4.79 Å². The van der Waals surface area contributed by atoms with Crippen molar-refractivity contribution in [3.63, 3.8) is 0 Å². The molecule has 0 aliphatic carbocycles. The summed E-state index contributed by atoms with van der Waals surface area (Å²) in [7, 11) is 0. The predicted octanol–water partition coefficient (Wildman–Crippen LogP) is 2.26. The van der Waals surface area contributed by atoms with Gasteiger partial charge in [0.15, 0.2) is 10.6 Å². The van der Waals surface area contributed by atoms with Crippen molar-refractivity contribution in [1.82, 2.24) is 25.0 Å². The van der Waals surface area contributed by atoms with E-state index in [-0.39, 0.29) is 38.7 Å². The van der Waals surface area contributed by atoms with E-state index < -0.39 is 11.7 Å². The van der Waals surface area contributed by atoms with Crippen LogP contribution < -0.4 is 5.32 Å². The molecule has 1 heterocycles. The molecule has 0 aliphatic rings. The van der Waals surface area contributed by atoms with Gasteiger partial charge in [-0.15, -0.1) is 0 Å². The fourth-order valence-corrected chi connectivity index (χ4v) is 2.99. The monoisotopic (exact) mass is 435 g/mol. The number of ether oxygens (including phenoxy) is 1. The van der Waals surface area contributed by atoms with Gasteiger partial charge in [0.1, 0.15) is 12.1 Å². The average Bonchev–Trinajstić information content (AvgIpc) is 3.00. The Kier molecular flexibility index (Phi) is 8.13. The van der Waals surface area contributed by atoms with Gasteiger partial charge >= 0.3 is 6.09 Å². The van der Waals surface area contributed by atoms with Gasteiger partial charge in [0.25, 0.3) is 0 Å². The predicted molar refractivity (Wildman–Crippen MR) is 115 cm³/mol. The van der Waals surface area contributed by atoms with E-state index in [1.165, 1.54) is 4.90 Å². The molecule has 0 aliphatic heterocycles. The number of amides is 2. The maximum Gasteiger partial charge on any atom is 0.407 e. The van der Waals surface area contributed by atoms with E-state index in [9.17, 15) is 14.7 Å². The zero-order chi connectivity index (χ0) is 22.3. The third kappa shape index (κ3) is 6.96. The van der Waals surface area contributed by atoms with E-state index in [4.69, 9.17) is 17.0 Å². The van der Waals surface area contributed by atoms with Crippen LogP contribution in [-0.2, 0) is 16.1 Å². The summed E-state index contributed by atoms with van der Waals surface area (Å²) in [6, 6.07) is 7.74. The Balaban J connectivity index is 2.06. The highest BCUT2D eigenvalue weighted by atomic mass is 32.1. The lowest BCUT2D eigenvalue weighted by Gasteiger charge is -2.23. The van der Waals surface area contributed by atoms with E-state index in [0.717, 1.165) is 11.1 Å². The molecule has 30 heavy (non-hydrogen) atoms. The fourth-order valence-electron chi connectivity index (χ4n) is 2.79. The molecule has 0 saturated heterocycles. The summed E-state index contributed by atoms with van der Waals surface area (Å²) in [5.41, 5.74) is 1.30.